The van der Waals surface area contributed by atoms with E-state index in [1.54, 1.807) is 0 Å². The van der Waals surface area contributed by atoms with E-state index < -0.39 is 0 Å². The lowest BCUT2D eigenvalue weighted by Crippen LogP contribution is -2.32. The third kappa shape index (κ3) is 20.1. The van der Waals surface area contributed by atoms with Crippen LogP contribution in [-0.4, -0.2) is 139 Å². The van der Waals surface area contributed by atoms with E-state index >= 15 is 0 Å². The van der Waals surface area contributed by atoms with Crippen molar-refractivity contribution in [3.63, 3.8) is 0 Å². The van der Waals surface area contributed by atoms with E-state index in [4.69, 9.17) is 0 Å². The van der Waals surface area contributed by atoms with Gasteiger partial charge in [-0.3, -0.25) is 4.79 Å². The predicted octanol–water partition coefficient (Wildman–Crippen LogP) is 24.5. The van der Waals surface area contributed by atoms with Crippen molar-refractivity contribution in [2.24, 2.45) is 23.7 Å². The normalized spacial score (nSPS) is 17.3. The van der Waals surface area contributed by atoms with Crippen LogP contribution in [0.5, 0.6) is 0 Å². The first-order valence-corrected chi connectivity index (χ1v) is 53.5. The number of carbonyl (C=O) groups excluding carboxylic acids is 1. The second-order valence-corrected chi connectivity index (χ2v) is 38.6. The van der Waals surface area contributed by atoms with E-state index in [1.165, 1.54) is 182 Å². The van der Waals surface area contributed by atoms with E-state index in [9.17, 15) is 4.79 Å². The minimum absolute atomic E-state index is 0.00255. The van der Waals surface area contributed by atoms with Crippen LogP contribution in [0.2, 0.25) is 0 Å². The largest absolute Gasteiger partial charge is 0.367 e. The molecule has 8 aromatic heterocycles. The van der Waals surface area contributed by atoms with Crippen LogP contribution < -0.4 is 9.80 Å². The van der Waals surface area contributed by atoms with Gasteiger partial charge in [0, 0.05) is 145 Å². The number of anilines is 2. The fraction of sp³-hybridized carbons (Fsp3) is 0.440. The molecular formula is C116H142N26O. The van der Waals surface area contributed by atoms with Gasteiger partial charge in [-0.15, -0.1) is 40.8 Å². The number of aromatic nitrogens is 24. The van der Waals surface area contributed by atoms with E-state index in [-0.39, 0.29) is 5.91 Å². The molecule has 8 aromatic carbocycles. The highest BCUT2D eigenvalue weighted by atomic mass is 16.2. The van der Waals surface area contributed by atoms with Gasteiger partial charge in [-0.1, -0.05) is 284 Å². The van der Waals surface area contributed by atoms with Crippen molar-refractivity contribution < 1.29 is 4.79 Å². The molecular weight excluding hydrogens is 1770 g/mol. The summed E-state index contributed by atoms with van der Waals surface area (Å²) in [6.45, 7) is 39.5. The number of benzene rings is 8. The van der Waals surface area contributed by atoms with Crippen LogP contribution in [0.1, 0.15) is 260 Å². The van der Waals surface area contributed by atoms with Crippen molar-refractivity contribution in [2.75, 3.05) is 22.9 Å². The Labute approximate surface area is 842 Å². The summed E-state index contributed by atoms with van der Waals surface area (Å²) in [5.74, 6) is 5.15. The smallest absolute Gasteiger partial charge is 0.258 e. The van der Waals surface area contributed by atoms with Crippen molar-refractivity contribution >= 4 is 17.3 Å². The summed E-state index contributed by atoms with van der Waals surface area (Å²) in [5.41, 5.74) is 35.9. The Morgan fingerprint density at radius 1 is 0.287 bits per heavy atom. The number of nitrogens with zero attached hydrogens (tertiary/aromatic N) is 26. The first-order chi connectivity index (χ1) is 70.3. The molecule has 8 aliphatic rings. The fourth-order valence-corrected chi connectivity index (χ4v) is 23.2. The molecule has 1 saturated carbocycles. The monoisotopic (exact) mass is 1920 g/mol. The zero-order valence-corrected chi connectivity index (χ0v) is 86.4. The lowest BCUT2D eigenvalue weighted by atomic mass is 9.81. The van der Waals surface area contributed by atoms with E-state index in [0.717, 1.165) is 211 Å². The standard InChI is InChI=1S/C20H18N6.C20H21N3.C19H18N4O.C19H20N4.C14H23N3.2C12H21N3/c1-3-25-19-15-11-7-8-12-16(15)20-18(22-24-26(20)4-2)14-10-6-5-9-13(14)17(19)21-23-25;1-3-14-13-15-9-5-6-11-17(15)19-20(23(4-2)22-21-19)18-12-8-7-10-16(14)18;1-3-22-16-12-8-7-11-15(16)18-17(20-21-23(18)4-2)13-9-5-6-10-14(13)19(22)24;1-3-22-13-14-9-5-6-10-15(14)18-19(23(4-2)21-20-18)16-11-7-8-12-17(16)22;1-3-5-10-11-6-8-13-14(9-7-12(10)11)17(4-2)16-15-13;1-3-10-6-5-7-11-12(9-8-10)15(4-2)14-13-11;1-3-10-8-6-5-7-9-11-12(10)13-14-15(11)4-2/h5-12H,3-4H2,1-2H3;5-12,14H,3-4,13H2,1-2H3;5-12H,3-4H2,1-2H3;5-12H,3-4,13H2,1-2H3;10-12H,3-9H2,1-2H3;2*10H,3-9H2,1-2H3/t;;;;10-,11-,12+;;/m....1../s1. The van der Waals surface area contributed by atoms with Gasteiger partial charge in [0.2, 0.25) is 0 Å². The molecule has 0 radical (unpaired) electrons. The molecule has 27 nitrogen and oxygen atoms in total. The van der Waals surface area contributed by atoms with Crippen LogP contribution in [0.15, 0.2) is 194 Å². The second kappa shape index (κ2) is 46.0. The Kier molecular flexibility index (Phi) is 32.0. The molecule has 3 unspecified atom stereocenters. The number of fused-ring (bicyclic) bond motifs is 27. The molecule has 6 aliphatic carbocycles. The van der Waals surface area contributed by atoms with Gasteiger partial charge in [0.05, 0.1) is 68.3 Å². The summed E-state index contributed by atoms with van der Waals surface area (Å²) in [7, 11) is 0. The van der Waals surface area contributed by atoms with Crippen LogP contribution in [0, 0.1) is 23.7 Å². The minimum Gasteiger partial charge on any atom is -0.367 e. The maximum absolute atomic E-state index is 13.1. The lowest BCUT2D eigenvalue weighted by molar-refractivity contribution is 0.0988. The van der Waals surface area contributed by atoms with Gasteiger partial charge in [-0.25, -0.2) is 37.5 Å². The van der Waals surface area contributed by atoms with Gasteiger partial charge in [0.25, 0.3) is 5.91 Å². The summed E-state index contributed by atoms with van der Waals surface area (Å²) in [6, 6.07) is 66.8. The van der Waals surface area contributed by atoms with Gasteiger partial charge >= 0.3 is 0 Å². The number of amides is 1. The van der Waals surface area contributed by atoms with Gasteiger partial charge in [-0.2, -0.15) is 0 Å². The van der Waals surface area contributed by atoms with Crippen molar-refractivity contribution in [1.82, 2.24) is 120 Å². The maximum Gasteiger partial charge on any atom is 0.258 e. The average molecular weight is 1920 g/mol. The Bertz CT molecular complexity index is 6770. The van der Waals surface area contributed by atoms with E-state index in [2.05, 4.69) is 318 Å². The topological polar surface area (TPSA) is 269 Å². The highest BCUT2D eigenvalue weighted by Crippen LogP contribution is 2.56. The lowest BCUT2D eigenvalue weighted by Gasteiger charge is -2.29. The number of carbonyl (C=O) groups is 1. The van der Waals surface area contributed by atoms with Crippen LogP contribution in [0.3, 0.4) is 0 Å². The molecule has 143 heavy (non-hydrogen) atoms. The zero-order valence-electron chi connectivity index (χ0n) is 86.4. The summed E-state index contributed by atoms with van der Waals surface area (Å²) in [6.07, 6.45) is 25.4. The third-order valence-corrected chi connectivity index (χ3v) is 30.8. The molecule has 2 aliphatic heterocycles. The predicted molar refractivity (Wildman–Crippen MR) is 570 cm³/mol. The molecule has 1 fully saturated rings. The second-order valence-electron chi connectivity index (χ2n) is 38.6. The molecule has 24 rings (SSSR count). The molecule has 10 heterocycles. The van der Waals surface area contributed by atoms with Crippen molar-refractivity contribution in [3.05, 3.63) is 251 Å². The van der Waals surface area contributed by atoms with Crippen molar-refractivity contribution in [2.45, 2.75) is 296 Å². The Balaban J connectivity index is 0.000000111. The van der Waals surface area contributed by atoms with Crippen molar-refractivity contribution in [3.8, 4) is 113 Å². The summed E-state index contributed by atoms with van der Waals surface area (Å²) < 4.78 is 16.1. The summed E-state index contributed by atoms with van der Waals surface area (Å²) in [4.78, 5) is 17.4. The first-order valence-electron chi connectivity index (χ1n) is 53.5. The van der Waals surface area contributed by atoms with Crippen LogP contribution >= 0.6 is 0 Å². The number of para-hydroxylation sites is 2. The van der Waals surface area contributed by atoms with Crippen LogP contribution in [0.4, 0.5) is 11.4 Å². The number of rotatable bonds is 15. The molecule has 742 valence electrons. The summed E-state index contributed by atoms with van der Waals surface area (Å²) >= 11 is 0. The molecule has 0 spiro atoms. The Hall–Kier alpha value is -13.9. The van der Waals surface area contributed by atoms with E-state index in [0.29, 0.717) is 23.9 Å². The molecule has 1 amide bonds. The quantitative estimate of drug-likeness (QED) is 0.0922. The molecule has 0 saturated heterocycles. The van der Waals surface area contributed by atoms with Crippen LogP contribution in [0.25, 0.3) is 113 Å². The maximum atomic E-state index is 13.1. The summed E-state index contributed by atoms with van der Waals surface area (Å²) in [5, 5.41) is 70.2. The average Bonchev–Trinajstić information content (AvgIpc) is 1.62. The van der Waals surface area contributed by atoms with Gasteiger partial charge in [-0.05, 0) is 224 Å². The fourth-order valence-electron chi connectivity index (χ4n) is 23.2. The zero-order chi connectivity index (χ0) is 99.2. The van der Waals surface area contributed by atoms with Crippen LogP contribution in [-0.2, 0) is 97.4 Å². The molecule has 27 heteroatoms. The van der Waals surface area contributed by atoms with Gasteiger partial charge in [0.15, 0.2) is 0 Å². The Morgan fingerprint density at radius 2 is 0.685 bits per heavy atom. The minimum atomic E-state index is -0.00255. The highest BCUT2D eigenvalue weighted by molar-refractivity contribution is 6.14. The molecule has 0 bridgehead atoms. The SMILES string of the molecule is CCC1CCCCCc2c1nnn2CC.CCC1CCCc2nnn(CC)c2CC1.CCC1Cc2ccccc2-c2nnn(CC)c2-c2ccccc21.CCC[C@@H]1[C@H]2CCc3nnn(CC)c3CC[C@@H]12.CCN1C(=O)c2ccccc2-c2nnn(CC)c2-c2ccccc21.CCN1Cc2ccccc2-c2nnn(CC)c2-c2ccccc21.CCn1nnc2c1-c1ccccc1-c1c(nnn1CC)-c1ccccc1-2. The van der Waals surface area contributed by atoms with Crippen molar-refractivity contribution in [1.29, 1.82) is 0 Å². The van der Waals surface area contributed by atoms with Gasteiger partial charge < -0.3 is 9.80 Å². The molecule has 0 N–H and O–H groups in total. The molecule has 16 aromatic rings. The Morgan fingerprint density at radius 3 is 1.20 bits per heavy atom. The van der Waals surface area contributed by atoms with Gasteiger partial charge in [0.1, 0.15) is 28.5 Å². The molecule has 6 atom stereocenters. The number of hydrogen-bond acceptors (Lipinski definition) is 18. The third-order valence-electron chi connectivity index (χ3n) is 30.8. The number of hydrogen-bond donors (Lipinski definition) is 0. The highest BCUT2D eigenvalue weighted by Gasteiger charge is 2.49. The number of aryl methyl sites for hydroxylation is 10. The van der Waals surface area contributed by atoms with E-state index in [1.807, 2.05) is 103 Å². The first kappa shape index (κ1) is 99.3.